The Balaban J connectivity index is 1.70. The van der Waals surface area contributed by atoms with Crippen molar-refractivity contribution in [1.29, 1.82) is 0 Å². The third-order valence-corrected chi connectivity index (χ3v) is 4.50. The molecule has 138 valence electrons. The van der Waals surface area contributed by atoms with Crippen molar-refractivity contribution in [1.82, 2.24) is 10.2 Å². The zero-order valence-electron chi connectivity index (χ0n) is 15.3. The number of ether oxygens (including phenoxy) is 2. The number of carbonyl (C=O) groups is 2. The molecule has 0 spiro atoms. The highest BCUT2D eigenvalue weighted by Gasteiger charge is 2.27. The smallest absolute Gasteiger partial charge is 0.410 e. The SMILES string of the molecule is CCC(C)(C)OC(=O)NC1CCN(C(=O)OCc2ccccc2)CC1. The van der Waals surface area contributed by atoms with Crippen molar-refractivity contribution < 1.29 is 19.1 Å². The Bertz CT molecular complexity index is 566. The quantitative estimate of drug-likeness (QED) is 0.881. The molecular weight excluding hydrogens is 320 g/mol. The fraction of sp³-hybridized carbons (Fsp3) is 0.579. The Hall–Kier alpha value is -2.24. The van der Waals surface area contributed by atoms with Gasteiger partial charge in [0.2, 0.25) is 0 Å². The summed E-state index contributed by atoms with van der Waals surface area (Å²) in [6.07, 6.45) is 1.45. The Kier molecular flexibility index (Phi) is 6.67. The molecule has 0 saturated carbocycles. The minimum atomic E-state index is -0.466. The number of amides is 2. The van der Waals surface area contributed by atoms with E-state index in [1.54, 1.807) is 4.90 Å². The second-order valence-electron chi connectivity index (χ2n) is 6.95. The average Bonchev–Trinajstić information content (AvgIpc) is 2.60. The largest absolute Gasteiger partial charge is 0.445 e. The predicted octanol–water partition coefficient (Wildman–Crippen LogP) is 3.70. The molecule has 0 aromatic heterocycles. The van der Waals surface area contributed by atoms with E-state index in [0.717, 1.165) is 12.0 Å². The number of likely N-dealkylation sites (tertiary alicyclic amines) is 1. The van der Waals surface area contributed by atoms with Crippen LogP contribution in [0.1, 0.15) is 45.6 Å². The Morgan fingerprint density at radius 2 is 1.84 bits per heavy atom. The van der Waals surface area contributed by atoms with Gasteiger partial charge in [0, 0.05) is 19.1 Å². The number of rotatable bonds is 5. The van der Waals surface area contributed by atoms with Gasteiger partial charge >= 0.3 is 12.2 Å². The summed E-state index contributed by atoms with van der Waals surface area (Å²) in [5, 5.41) is 2.89. The van der Waals surface area contributed by atoms with E-state index in [9.17, 15) is 9.59 Å². The molecule has 1 aliphatic heterocycles. The zero-order chi connectivity index (χ0) is 18.3. The van der Waals surface area contributed by atoms with Crippen molar-refractivity contribution in [3.8, 4) is 0 Å². The lowest BCUT2D eigenvalue weighted by Gasteiger charge is -2.32. The minimum absolute atomic E-state index is 0.0262. The predicted molar refractivity (Wildman–Crippen MR) is 95.2 cm³/mol. The summed E-state index contributed by atoms with van der Waals surface area (Å²) in [7, 11) is 0. The Labute approximate surface area is 149 Å². The van der Waals surface area contributed by atoms with Gasteiger partial charge in [0.05, 0.1) is 0 Å². The second-order valence-corrected chi connectivity index (χ2v) is 6.95. The van der Waals surface area contributed by atoms with Crippen molar-refractivity contribution in [3.05, 3.63) is 35.9 Å². The maximum Gasteiger partial charge on any atom is 0.410 e. The average molecular weight is 348 g/mol. The van der Waals surface area contributed by atoms with Crippen LogP contribution in [0.2, 0.25) is 0 Å². The molecule has 6 nitrogen and oxygen atoms in total. The highest BCUT2D eigenvalue weighted by Crippen LogP contribution is 2.16. The molecule has 0 unspecified atom stereocenters. The number of piperidine rings is 1. The lowest BCUT2D eigenvalue weighted by Crippen LogP contribution is -2.47. The van der Waals surface area contributed by atoms with Crippen LogP contribution in [-0.4, -0.2) is 41.8 Å². The van der Waals surface area contributed by atoms with Gasteiger partial charge in [-0.25, -0.2) is 9.59 Å². The highest BCUT2D eigenvalue weighted by atomic mass is 16.6. The molecule has 25 heavy (non-hydrogen) atoms. The molecule has 1 N–H and O–H groups in total. The van der Waals surface area contributed by atoms with E-state index in [-0.39, 0.29) is 18.7 Å². The molecule has 2 amide bonds. The van der Waals surface area contributed by atoms with Gasteiger partial charge in [0.25, 0.3) is 0 Å². The van der Waals surface area contributed by atoms with E-state index in [2.05, 4.69) is 5.32 Å². The number of hydrogen-bond donors (Lipinski definition) is 1. The number of alkyl carbamates (subject to hydrolysis) is 1. The lowest BCUT2D eigenvalue weighted by atomic mass is 10.1. The molecule has 1 aromatic rings. The molecule has 1 heterocycles. The molecule has 0 radical (unpaired) electrons. The van der Waals surface area contributed by atoms with Crippen LogP contribution in [0.3, 0.4) is 0 Å². The molecule has 0 aliphatic carbocycles. The summed E-state index contributed by atoms with van der Waals surface area (Å²) in [4.78, 5) is 25.7. The maximum absolute atomic E-state index is 12.1. The van der Waals surface area contributed by atoms with Crippen molar-refractivity contribution in [2.75, 3.05) is 13.1 Å². The number of benzene rings is 1. The third kappa shape index (κ3) is 6.29. The van der Waals surface area contributed by atoms with Gasteiger partial charge < -0.3 is 19.7 Å². The van der Waals surface area contributed by atoms with Crippen LogP contribution in [-0.2, 0) is 16.1 Å². The third-order valence-electron chi connectivity index (χ3n) is 4.50. The minimum Gasteiger partial charge on any atom is -0.445 e. The standard InChI is InChI=1S/C19H28N2O4/c1-4-19(2,3)25-17(22)20-16-10-12-21(13-11-16)18(23)24-14-15-8-6-5-7-9-15/h5-9,16H,4,10-14H2,1-3H3,(H,20,22). The first kappa shape index (κ1) is 19.1. The molecule has 6 heteroatoms. The van der Waals surface area contributed by atoms with Crippen molar-refractivity contribution in [3.63, 3.8) is 0 Å². The topological polar surface area (TPSA) is 67.9 Å². The summed E-state index contributed by atoms with van der Waals surface area (Å²) in [5.74, 6) is 0. The van der Waals surface area contributed by atoms with Crippen LogP contribution in [0.15, 0.2) is 30.3 Å². The first-order valence-corrected chi connectivity index (χ1v) is 8.85. The van der Waals surface area contributed by atoms with Crippen LogP contribution in [0.5, 0.6) is 0 Å². The van der Waals surface area contributed by atoms with Gasteiger partial charge in [-0.3, -0.25) is 0 Å². The number of nitrogens with zero attached hydrogens (tertiary/aromatic N) is 1. The van der Waals surface area contributed by atoms with Crippen molar-refractivity contribution in [2.24, 2.45) is 0 Å². The van der Waals surface area contributed by atoms with Crippen LogP contribution < -0.4 is 5.32 Å². The Morgan fingerprint density at radius 1 is 1.20 bits per heavy atom. The second kappa shape index (κ2) is 8.74. The van der Waals surface area contributed by atoms with Gasteiger partial charge in [-0.1, -0.05) is 37.3 Å². The monoisotopic (exact) mass is 348 g/mol. The molecule has 0 atom stereocenters. The molecule has 1 fully saturated rings. The number of carbonyl (C=O) groups excluding carboxylic acids is 2. The van der Waals surface area contributed by atoms with Crippen LogP contribution in [0.4, 0.5) is 9.59 Å². The number of nitrogens with one attached hydrogen (secondary N) is 1. The molecule has 1 aliphatic rings. The zero-order valence-corrected chi connectivity index (χ0v) is 15.3. The van der Waals surface area contributed by atoms with E-state index < -0.39 is 11.7 Å². The van der Waals surface area contributed by atoms with Crippen molar-refractivity contribution >= 4 is 12.2 Å². The van der Waals surface area contributed by atoms with Gasteiger partial charge in [0.1, 0.15) is 12.2 Å². The maximum atomic E-state index is 12.1. The Morgan fingerprint density at radius 3 is 2.44 bits per heavy atom. The first-order chi connectivity index (χ1) is 11.9. The fourth-order valence-corrected chi connectivity index (χ4v) is 2.54. The van der Waals surface area contributed by atoms with Crippen LogP contribution in [0, 0.1) is 0 Å². The van der Waals surface area contributed by atoms with E-state index in [0.29, 0.717) is 25.9 Å². The molecular formula is C19H28N2O4. The first-order valence-electron chi connectivity index (χ1n) is 8.85. The van der Waals surface area contributed by atoms with Gasteiger partial charge in [0.15, 0.2) is 0 Å². The van der Waals surface area contributed by atoms with E-state index in [1.165, 1.54) is 0 Å². The highest BCUT2D eigenvalue weighted by molar-refractivity contribution is 5.69. The normalized spacial score (nSPS) is 15.6. The summed E-state index contributed by atoms with van der Waals surface area (Å²) < 4.78 is 10.7. The van der Waals surface area contributed by atoms with Gasteiger partial charge in [-0.05, 0) is 38.7 Å². The van der Waals surface area contributed by atoms with Crippen LogP contribution in [0.25, 0.3) is 0 Å². The van der Waals surface area contributed by atoms with Gasteiger partial charge in [-0.2, -0.15) is 0 Å². The number of hydrogen-bond acceptors (Lipinski definition) is 4. The van der Waals surface area contributed by atoms with Crippen molar-refractivity contribution in [2.45, 2.75) is 58.3 Å². The molecule has 1 aromatic carbocycles. The van der Waals surface area contributed by atoms with E-state index >= 15 is 0 Å². The molecule has 0 bridgehead atoms. The lowest BCUT2D eigenvalue weighted by molar-refractivity contribution is 0.0320. The van der Waals surface area contributed by atoms with E-state index in [1.807, 2.05) is 51.1 Å². The van der Waals surface area contributed by atoms with Crippen LogP contribution >= 0.6 is 0 Å². The molecule has 2 rings (SSSR count). The van der Waals surface area contributed by atoms with Gasteiger partial charge in [-0.15, -0.1) is 0 Å². The molecule has 1 saturated heterocycles. The summed E-state index contributed by atoms with van der Waals surface area (Å²) in [5.41, 5.74) is 0.500. The summed E-state index contributed by atoms with van der Waals surface area (Å²) >= 11 is 0. The van der Waals surface area contributed by atoms with E-state index in [4.69, 9.17) is 9.47 Å². The summed E-state index contributed by atoms with van der Waals surface area (Å²) in [6, 6.07) is 9.63. The fourth-order valence-electron chi connectivity index (χ4n) is 2.54. The summed E-state index contributed by atoms with van der Waals surface area (Å²) in [6.45, 7) is 7.16.